The number of hydrogen-bond acceptors (Lipinski definition) is 1. The molecule has 1 atom stereocenters. The molecule has 0 aliphatic rings. The van der Waals surface area contributed by atoms with Gasteiger partial charge in [-0.25, -0.2) is 0 Å². The SMILES string of the molecule is CCCCCCCC(N)c1ccc(Cl)cc1C. The molecular weight excluding hydrogens is 230 g/mol. The van der Waals surface area contributed by atoms with E-state index in [0.717, 1.165) is 11.4 Å². The third-order valence-corrected chi connectivity index (χ3v) is 3.49. The quantitative estimate of drug-likeness (QED) is 0.680. The summed E-state index contributed by atoms with van der Waals surface area (Å²) in [6, 6.07) is 6.15. The Kier molecular flexibility index (Phi) is 6.61. The molecular formula is C15H24ClN. The Morgan fingerprint density at radius 1 is 1.18 bits per heavy atom. The Balaban J connectivity index is 2.38. The molecule has 0 aliphatic heterocycles. The van der Waals surface area contributed by atoms with Gasteiger partial charge in [0.05, 0.1) is 0 Å². The van der Waals surface area contributed by atoms with Crippen molar-refractivity contribution in [2.24, 2.45) is 5.73 Å². The summed E-state index contributed by atoms with van der Waals surface area (Å²) in [6.45, 7) is 4.32. The summed E-state index contributed by atoms with van der Waals surface area (Å²) >= 11 is 5.94. The lowest BCUT2D eigenvalue weighted by atomic mass is 9.97. The Bertz CT molecular complexity index is 336. The summed E-state index contributed by atoms with van der Waals surface area (Å²) in [4.78, 5) is 0. The van der Waals surface area contributed by atoms with Gasteiger partial charge in [-0.3, -0.25) is 0 Å². The van der Waals surface area contributed by atoms with Crippen molar-refractivity contribution in [2.45, 2.75) is 58.4 Å². The van der Waals surface area contributed by atoms with Crippen molar-refractivity contribution in [3.63, 3.8) is 0 Å². The first-order valence-electron chi connectivity index (χ1n) is 6.66. The van der Waals surface area contributed by atoms with Crippen LogP contribution in [0.4, 0.5) is 0 Å². The molecule has 0 aliphatic carbocycles. The van der Waals surface area contributed by atoms with Crippen LogP contribution in [-0.2, 0) is 0 Å². The lowest BCUT2D eigenvalue weighted by Gasteiger charge is -2.14. The maximum Gasteiger partial charge on any atom is 0.0408 e. The second-order valence-corrected chi connectivity index (χ2v) is 5.25. The van der Waals surface area contributed by atoms with Crippen LogP contribution in [0.3, 0.4) is 0 Å². The lowest BCUT2D eigenvalue weighted by molar-refractivity contribution is 0.554. The summed E-state index contributed by atoms with van der Waals surface area (Å²) in [7, 11) is 0. The predicted molar refractivity (Wildman–Crippen MR) is 76.5 cm³/mol. The second-order valence-electron chi connectivity index (χ2n) is 4.81. The van der Waals surface area contributed by atoms with Crippen molar-refractivity contribution >= 4 is 11.6 Å². The van der Waals surface area contributed by atoms with E-state index in [-0.39, 0.29) is 6.04 Å². The summed E-state index contributed by atoms with van der Waals surface area (Å²) in [5, 5.41) is 0.793. The molecule has 2 N–H and O–H groups in total. The minimum Gasteiger partial charge on any atom is -0.324 e. The normalized spacial score (nSPS) is 12.7. The van der Waals surface area contributed by atoms with Crippen LogP contribution >= 0.6 is 11.6 Å². The van der Waals surface area contributed by atoms with Crippen molar-refractivity contribution in [2.75, 3.05) is 0 Å². The Hall–Kier alpha value is -0.530. The van der Waals surface area contributed by atoms with Gasteiger partial charge in [-0.05, 0) is 36.6 Å². The molecule has 1 aromatic rings. The number of nitrogens with two attached hydrogens (primary N) is 1. The molecule has 96 valence electrons. The predicted octanol–water partition coefficient (Wildman–Crippen LogP) is 5.01. The molecule has 1 nitrogen and oxygen atoms in total. The van der Waals surface area contributed by atoms with Gasteiger partial charge in [0, 0.05) is 11.1 Å². The number of benzene rings is 1. The second kappa shape index (κ2) is 7.73. The highest BCUT2D eigenvalue weighted by atomic mass is 35.5. The van der Waals surface area contributed by atoms with Crippen molar-refractivity contribution in [1.29, 1.82) is 0 Å². The highest BCUT2D eigenvalue weighted by molar-refractivity contribution is 6.30. The zero-order valence-corrected chi connectivity index (χ0v) is 11.8. The van der Waals surface area contributed by atoms with Crippen LogP contribution in [0.5, 0.6) is 0 Å². The smallest absolute Gasteiger partial charge is 0.0408 e. The van der Waals surface area contributed by atoms with Crippen molar-refractivity contribution < 1.29 is 0 Å². The molecule has 1 rings (SSSR count). The Labute approximate surface area is 110 Å². The number of aryl methyl sites for hydroxylation is 1. The molecule has 0 heterocycles. The van der Waals surface area contributed by atoms with Gasteiger partial charge in [-0.1, -0.05) is 56.7 Å². The van der Waals surface area contributed by atoms with Gasteiger partial charge < -0.3 is 5.73 Å². The standard InChI is InChI=1S/C15H24ClN/c1-3-4-5-6-7-8-15(17)14-10-9-13(16)11-12(14)2/h9-11,15H,3-8,17H2,1-2H3. The molecule has 0 radical (unpaired) electrons. The van der Waals surface area contributed by atoms with Gasteiger partial charge in [-0.15, -0.1) is 0 Å². The van der Waals surface area contributed by atoms with E-state index in [1.807, 2.05) is 12.1 Å². The minimum atomic E-state index is 0.161. The van der Waals surface area contributed by atoms with Crippen LogP contribution in [0.1, 0.15) is 62.6 Å². The number of hydrogen-bond donors (Lipinski definition) is 1. The van der Waals surface area contributed by atoms with Gasteiger partial charge in [0.15, 0.2) is 0 Å². The molecule has 17 heavy (non-hydrogen) atoms. The molecule has 1 aromatic carbocycles. The van der Waals surface area contributed by atoms with Gasteiger partial charge >= 0.3 is 0 Å². The number of rotatable bonds is 7. The van der Waals surface area contributed by atoms with Gasteiger partial charge in [0.1, 0.15) is 0 Å². The Morgan fingerprint density at radius 2 is 1.88 bits per heavy atom. The van der Waals surface area contributed by atoms with E-state index in [9.17, 15) is 0 Å². The molecule has 0 aromatic heterocycles. The van der Waals surface area contributed by atoms with Crippen LogP contribution in [0, 0.1) is 6.92 Å². The maximum atomic E-state index is 6.22. The monoisotopic (exact) mass is 253 g/mol. The lowest BCUT2D eigenvalue weighted by Crippen LogP contribution is -2.11. The topological polar surface area (TPSA) is 26.0 Å². The van der Waals surface area contributed by atoms with Crippen LogP contribution < -0.4 is 5.73 Å². The fourth-order valence-corrected chi connectivity index (χ4v) is 2.41. The third-order valence-electron chi connectivity index (χ3n) is 3.25. The first kappa shape index (κ1) is 14.5. The fourth-order valence-electron chi connectivity index (χ4n) is 2.18. The summed E-state index contributed by atoms with van der Waals surface area (Å²) in [5.41, 5.74) is 8.67. The van der Waals surface area contributed by atoms with E-state index in [2.05, 4.69) is 19.9 Å². The summed E-state index contributed by atoms with van der Waals surface area (Å²) in [5.74, 6) is 0. The number of unbranched alkanes of at least 4 members (excludes halogenated alkanes) is 4. The summed E-state index contributed by atoms with van der Waals surface area (Å²) < 4.78 is 0. The van der Waals surface area contributed by atoms with Crippen molar-refractivity contribution in [1.82, 2.24) is 0 Å². The zero-order chi connectivity index (χ0) is 12.7. The average molecular weight is 254 g/mol. The molecule has 0 bridgehead atoms. The van der Waals surface area contributed by atoms with Gasteiger partial charge in [0.25, 0.3) is 0 Å². The van der Waals surface area contributed by atoms with E-state index in [0.29, 0.717) is 0 Å². The molecule has 0 saturated carbocycles. The van der Waals surface area contributed by atoms with Crippen LogP contribution in [0.25, 0.3) is 0 Å². The van der Waals surface area contributed by atoms with E-state index < -0.39 is 0 Å². The highest BCUT2D eigenvalue weighted by Gasteiger charge is 2.08. The molecule has 2 heteroatoms. The van der Waals surface area contributed by atoms with Crippen LogP contribution in [-0.4, -0.2) is 0 Å². The van der Waals surface area contributed by atoms with Crippen LogP contribution in [0.15, 0.2) is 18.2 Å². The number of halogens is 1. The largest absolute Gasteiger partial charge is 0.324 e. The van der Waals surface area contributed by atoms with Crippen LogP contribution in [0.2, 0.25) is 5.02 Å². The third kappa shape index (κ3) is 5.10. The average Bonchev–Trinajstić information content (AvgIpc) is 2.28. The Morgan fingerprint density at radius 3 is 2.53 bits per heavy atom. The van der Waals surface area contributed by atoms with E-state index >= 15 is 0 Å². The maximum absolute atomic E-state index is 6.22. The summed E-state index contributed by atoms with van der Waals surface area (Å²) in [6.07, 6.45) is 7.57. The van der Waals surface area contributed by atoms with E-state index in [1.165, 1.54) is 43.2 Å². The van der Waals surface area contributed by atoms with E-state index in [1.54, 1.807) is 0 Å². The highest BCUT2D eigenvalue weighted by Crippen LogP contribution is 2.23. The zero-order valence-electron chi connectivity index (χ0n) is 11.0. The van der Waals surface area contributed by atoms with Gasteiger partial charge in [-0.2, -0.15) is 0 Å². The van der Waals surface area contributed by atoms with Crippen molar-refractivity contribution in [3.8, 4) is 0 Å². The first-order chi connectivity index (χ1) is 8.15. The van der Waals surface area contributed by atoms with Gasteiger partial charge in [0.2, 0.25) is 0 Å². The molecule has 1 unspecified atom stereocenters. The molecule has 0 fully saturated rings. The first-order valence-corrected chi connectivity index (χ1v) is 7.04. The molecule has 0 amide bonds. The fraction of sp³-hybridized carbons (Fsp3) is 0.600. The minimum absolute atomic E-state index is 0.161. The molecule has 0 spiro atoms. The van der Waals surface area contributed by atoms with E-state index in [4.69, 9.17) is 17.3 Å². The molecule has 0 saturated heterocycles. The van der Waals surface area contributed by atoms with Crippen molar-refractivity contribution in [3.05, 3.63) is 34.3 Å².